The Morgan fingerprint density at radius 1 is 0.624 bits per heavy atom. The third kappa shape index (κ3) is 31.4. The van der Waals surface area contributed by atoms with Crippen LogP contribution in [-0.2, 0) is 79.2 Å². The van der Waals surface area contributed by atoms with Gasteiger partial charge in [-0.15, -0.1) is 10.2 Å². The second-order valence-corrected chi connectivity index (χ2v) is 27.7. The highest BCUT2D eigenvalue weighted by atomic mass is 32.0. The van der Waals surface area contributed by atoms with Gasteiger partial charge in [-0.05, 0) is 68.8 Å². The highest BCUT2D eigenvalue weighted by Crippen LogP contribution is 2.43. The van der Waals surface area contributed by atoms with Gasteiger partial charge in [0.25, 0.3) is 5.52 Å². The first-order valence-electron chi connectivity index (χ1n) is 33.6. The molecule has 13 atom stereocenters. The summed E-state index contributed by atoms with van der Waals surface area (Å²) in [6.07, 6.45) is -3.26. The Morgan fingerprint density at radius 3 is 1.54 bits per heavy atom. The summed E-state index contributed by atoms with van der Waals surface area (Å²) in [4.78, 5) is 90.2. The third-order valence-corrected chi connectivity index (χ3v) is 18.6. The Labute approximate surface area is 623 Å². The molecule has 5 aromatic rings. The molecular weight excluding hydrogens is 1530 g/mol. The summed E-state index contributed by atoms with van der Waals surface area (Å²) in [5.74, 6) is -16.1. The molecule has 3 aromatic carbocycles. The number of hydrogen-bond acceptors (Lipinski definition) is 24. The summed E-state index contributed by atoms with van der Waals surface area (Å²) in [6.45, 7) is 7.75. The molecule has 32 nitrogen and oxygen atoms in total. The maximum absolute atomic E-state index is 13.7. The van der Waals surface area contributed by atoms with Crippen molar-refractivity contribution in [1.82, 2.24) is 56.6 Å². The number of ether oxygens (including phenoxy) is 7. The number of esters is 1. The second kappa shape index (κ2) is 47.3. The molecule has 0 bridgehead atoms. The van der Waals surface area contributed by atoms with Crippen LogP contribution in [0.1, 0.15) is 91.9 Å². The number of aromatic nitrogens is 6. The van der Waals surface area contributed by atoms with Crippen LogP contribution in [0.4, 0.5) is 39.3 Å². The fourth-order valence-corrected chi connectivity index (χ4v) is 11.6. The molecule has 2 aromatic heterocycles. The van der Waals surface area contributed by atoms with Gasteiger partial charge in [0, 0.05) is 66.7 Å². The molecule has 0 radical (unpaired) electrons. The van der Waals surface area contributed by atoms with E-state index in [1.165, 1.54) is 25.6 Å². The summed E-state index contributed by atoms with van der Waals surface area (Å²) in [5, 5.41) is 51.3. The minimum Gasteiger partial charge on any atom is -0.497 e. The van der Waals surface area contributed by atoms with Gasteiger partial charge in [0.05, 0.1) is 60.4 Å². The number of aliphatic hydroxyl groups excluding tert-OH is 2. The molecule has 0 spiro atoms. The van der Waals surface area contributed by atoms with Gasteiger partial charge in [-0.2, -0.15) is 22.0 Å². The summed E-state index contributed by atoms with van der Waals surface area (Å²) in [5.41, 5.74) is 5.43. The summed E-state index contributed by atoms with van der Waals surface area (Å²) in [6, 6.07) is 13.4. The number of methoxy groups -OCH3 is 2. The minimum atomic E-state index is -4.85. The lowest BCUT2D eigenvalue weighted by atomic mass is 9.82. The molecule has 2 fully saturated rings. The zero-order valence-corrected chi connectivity index (χ0v) is 63.4. The van der Waals surface area contributed by atoms with E-state index in [2.05, 4.69) is 73.6 Å². The number of phosphoric acid groups is 1. The quantitative estimate of drug-likeness (QED) is 0.00237. The second-order valence-electron chi connectivity index (χ2n) is 23.9. The molecule has 2 saturated heterocycles. The predicted molar refractivity (Wildman–Crippen MR) is 373 cm³/mol. The van der Waals surface area contributed by atoms with E-state index < -0.39 is 157 Å². The number of halogens is 9. The van der Waals surface area contributed by atoms with E-state index in [0.29, 0.717) is 81.1 Å². The van der Waals surface area contributed by atoms with Crippen molar-refractivity contribution >= 4 is 65.7 Å². The largest absolute Gasteiger partial charge is 0.497 e. The van der Waals surface area contributed by atoms with E-state index in [1.54, 1.807) is 25.1 Å². The lowest BCUT2D eigenvalue weighted by Crippen LogP contribution is -2.64. The first-order chi connectivity index (χ1) is 51.7. The maximum atomic E-state index is 13.7. The van der Waals surface area contributed by atoms with Gasteiger partial charge in [0.2, 0.25) is 64.4 Å². The van der Waals surface area contributed by atoms with Crippen molar-refractivity contribution in [2.24, 2.45) is 17.6 Å². The number of nitrogens with one attached hydrogen (secondary N) is 5. The van der Waals surface area contributed by atoms with Crippen molar-refractivity contribution in [2.75, 3.05) is 61.4 Å². The van der Waals surface area contributed by atoms with Gasteiger partial charge in [-0.3, -0.25) is 42.6 Å². The fourth-order valence-electron chi connectivity index (χ4n) is 10.3. The molecule has 4 heterocycles. The van der Waals surface area contributed by atoms with Gasteiger partial charge < -0.3 is 80.6 Å². The van der Waals surface area contributed by atoms with Crippen LogP contribution in [0, 0.1) is 40.9 Å². The molecule has 0 aliphatic carbocycles. The van der Waals surface area contributed by atoms with E-state index in [0.717, 1.165) is 31.1 Å². The van der Waals surface area contributed by atoms with E-state index in [-0.39, 0.29) is 49.6 Å². The normalized spacial score (nSPS) is 20.2. The van der Waals surface area contributed by atoms with Gasteiger partial charge in [0.15, 0.2) is 12.6 Å². The number of rotatable bonds is 37. The Morgan fingerprint density at radius 2 is 1.07 bits per heavy atom. The third-order valence-electron chi connectivity index (χ3n) is 16.1. The molecule has 0 saturated carbocycles. The number of carbonyl (C=O) groups excluding carboxylic acids is 7. The number of aliphatic hydroxyl groups is 2. The number of phosphoric ester groups is 1. The zero-order valence-electron chi connectivity index (χ0n) is 60.5. The van der Waals surface area contributed by atoms with E-state index in [1.807, 2.05) is 61.7 Å². The highest BCUT2D eigenvalue weighted by Gasteiger charge is 2.47. The van der Waals surface area contributed by atoms with Crippen LogP contribution in [0.2, 0.25) is 0 Å². The summed E-state index contributed by atoms with van der Waals surface area (Å²) in [7, 11) is -1.28. The van der Waals surface area contributed by atoms with Crippen LogP contribution in [0.15, 0.2) is 60.9 Å². The Bertz CT molecular complexity index is 3760. The molecule has 44 heteroatoms. The smallest absolute Gasteiger partial charge is 0.473 e. The van der Waals surface area contributed by atoms with Crippen molar-refractivity contribution in [2.45, 2.75) is 160 Å². The highest BCUT2D eigenvalue weighted by molar-refractivity contribution is 8.17. The van der Waals surface area contributed by atoms with Crippen molar-refractivity contribution in [1.29, 1.82) is 0 Å². The number of benzene rings is 3. The van der Waals surface area contributed by atoms with Gasteiger partial charge >= 0.3 is 20.0 Å². The summed E-state index contributed by atoms with van der Waals surface area (Å²) >= 11 is 0. The molecule has 10 N–H and O–H groups in total. The van der Waals surface area contributed by atoms with Crippen molar-refractivity contribution in [3.63, 3.8) is 0 Å². The Balaban J connectivity index is 0.000000406. The monoisotopic (exact) mass is 1620 g/mol. The van der Waals surface area contributed by atoms with Crippen molar-refractivity contribution < 1.29 is 135 Å². The zero-order chi connectivity index (χ0) is 81.1. The minimum absolute atomic E-state index is 0.0102. The number of nitrogens with two attached hydrogens (primary N) is 1. The van der Waals surface area contributed by atoms with Crippen LogP contribution in [-0.4, -0.2) is 203 Å². The summed E-state index contributed by atoms with van der Waals surface area (Å²) < 4.78 is 174. The number of unbranched alkanes of at least 4 members (excludes halogenated alkanes) is 6. The van der Waals surface area contributed by atoms with Gasteiger partial charge in [-0.25, -0.2) is 31.3 Å². The fraction of sp³-hybridized carbons (Fsp3) is 0.554. The number of alkyl halides is 3. The maximum Gasteiger partial charge on any atom is 0.473 e. The molecule has 7 rings (SSSR count). The lowest BCUT2D eigenvalue weighted by molar-refractivity contribution is -0.267. The van der Waals surface area contributed by atoms with Crippen LogP contribution in [0.5, 0.6) is 17.2 Å². The number of carbonyl (C=O) groups is 7. The van der Waals surface area contributed by atoms with Crippen LogP contribution in [0.25, 0.3) is 22.5 Å². The average molecular weight is 1620 g/mol. The molecule has 2 aliphatic heterocycles. The first kappa shape index (κ1) is 93.5. The predicted octanol–water partition coefficient (Wildman–Crippen LogP) is 6.47. The molecule has 2 aliphatic rings. The SMILES string of the molecule is CN.COc1cccc(-c2cn(CC3OC(OCCCCCCNC(=O)CC(=O)NCOP(=O)(O)OC)C(NC(C)=O)C(O)C3O)nn2)c1.COc1cccc(-c2cn(CC3OC(OCCCCCCNC(=O)CC(=O)Oc4c(F)c(F)c(F)c(F)c4F)C(NC(C)=O)C(C)C3C)nn2)c1.O=C(PPF)C(F)(F)F. The van der Waals surface area contributed by atoms with E-state index >= 15 is 0 Å². The first-order valence-corrected chi connectivity index (χ1v) is 38.0. The van der Waals surface area contributed by atoms with Crippen LogP contribution >= 0.6 is 24.7 Å². The van der Waals surface area contributed by atoms with E-state index in [9.17, 15) is 87.7 Å². The van der Waals surface area contributed by atoms with Crippen LogP contribution < -0.4 is 46.5 Å². The Kier molecular flexibility index (Phi) is 40.6. The molecule has 608 valence electrons. The van der Waals surface area contributed by atoms with E-state index in [4.69, 9.17) is 33.3 Å². The molecule has 109 heavy (non-hydrogen) atoms. The van der Waals surface area contributed by atoms with Crippen molar-refractivity contribution in [3.05, 3.63) is 90.0 Å². The number of nitrogens with zero attached hydrogens (tertiary/aromatic N) is 6. The van der Waals surface area contributed by atoms with Crippen molar-refractivity contribution in [3.8, 4) is 39.8 Å². The van der Waals surface area contributed by atoms with Gasteiger partial charge in [0.1, 0.15) is 66.8 Å². The number of amides is 5. The number of hydrogen-bond donors (Lipinski definition) is 9. The topological polar surface area (TPSA) is 428 Å². The lowest BCUT2D eigenvalue weighted by Gasteiger charge is -2.44. The molecule has 13 unspecified atom stereocenters. The standard InChI is InChI=1S/C34H40F5N5O7.C28H43N6O12P.C2H2F4OP2.CH5N/c1-18-19(2)32(41-20(3)45)34(50-24(18)17-44-16-23(42-43-44)21-10-9-11-22(14-21)48-4)49-13-8-6-5-7-12-40-25(46)15-26(47)51-33-30(38)28(36)27(35)29(37)31(33)39;1-18(35)31-25-27(39)26(38)22(16-34-15-21(32-33-34)19-9-8-10-20(13-19)42-2)46-28(25)44-12-7-5-4-6-11-29-23(36)14-24(37)30-17-45-47(40,41)43-3;3-2(4,5)1(7)8-9-6;1-2/h9-11,14,16,18-19,24,32,34H,5-8,12-13,15,17H2,1-4H3,(H,40,46)(H,41,45);8-10,13,15,22,25-28,38-39H,4-7,11-12,14,16-17H2,1-3H3,(H,29,36)(H,30,37)(H,31,35)(H,40,41);8-9H;2H2,1H3. The van der Waals surface area contributed by atoms with Crippen LogP contribution in [0.3, 0.4) is 0 Å². The molecular formula is C65H90F9N12O20P3. The van der Waals surface area contributed by atoms with Gasteiger partial charge in [-0.1, -0.05) is 74.2 Å². The Hall–Kier alpha value is -7.91. The molecule has 5 amide bonds. The average Bonchev–Trinajstić information content (AvgIpc) is 1.34.